The van der Waals surface area contributed by atoms with Crippen molar-refractivity contribution in [1.29, 1.82) is 0 Å². The van der Waals surface area contributed by atoms with Crippen molar-refractivity contribution in [3.8, 4) is 0 Å². The Balaban J connectivity index is 1.76. The first kappa shape index (κ1) is 16.0. The van der Waals surface area contributed by atoms with Gasteiger partial charge in [-0.3, -0.25) is 0 Å². The number of urea groups is 1. The molecule has 1 heterocycles. The third-order valence-corrected chi connectivity index (χ3v) is 3.18. The summed E-state index contributed by atoms with van der Waals surface area (Å²) in [6.07, 6.45) is 6.29. The fourth-order valence-electron chi connectivity index (χ4n) is 2.09. The molecule has 0 radical (unpaired) electrons. The van der Waals surface area contributed by atoms with E-state index in [0.717, 1.165) is 18.5 Å². The summed E-state index contributed by atoms with van der Waals surface area (Å²) in [6, 6.07) is 8.00. The average Bonchev–Trinajstić information content (AvgIpc) is 3.03. The topological polar surface area (TPSA) is 68.2 Å². The maximum atomic E-state index is 11.6. The lowest BCUT2D eigenvalue weighted by Gasteiger charge is -2.09. The second-order valence-corrected chi connectivity index (χ2v) is 5.01. The van der Waals surface area contributed by atoms with E-state index >= 15 is 0 Å². The number of hydrogen-bond donors (Lipinski definition) is 2. The number of imidazole rings is 1. The van der Waals surface area contributed by atoms with E-state index in [1.807, 2.05) is 22.9 Å². The van der Waals surface area contributed by atoms with E-state index in [2.05, 4.69) is 27.8 Å². The number of ether oxygens (including phenoxy) is 1. The van der Waals surface area contributed by atoms with E-state index in [0.29, 0.717) is 19.7 Å². The lowest BCUT2D eigenvalue weighted by molar-refractivity contribution is 0.193. The highest BCUT2D eigenvalue weighted by Gasteiger charge is 2.01. The van der Waals surface area contributed by atoms with Crippen molar-refractivity contribution in [2.45, 2.75) is 19.5 Å². The van der Waals surface area contributed by atoms with Gasteiger partial charge in [-0.25, -0.2) is 9.78 Å². The predicted molar refractivity (Wildman–Crippen MR) is 84.5 cm³/mol. The first-order valence-corrected chi connectivity index (χ1v) is 7.32. The Labute approximate surface area is 130 Å². The molecular formula is C16H22N4O2. The number of aromatic nitrogens is 2. The molecule has 0 saturated heterocycles. The summed E-state index contributed by atoms with van der Waals surface area (Å²) in [6.45, 7) is 2.54. The Bertz CT molecular complexity index is 569. The number of rotatable bonds is 8. The minimum Gasteiger partial charge on any atom is -0.385 e. The van der Waals surface area contributed by atoms with Gasteiger partial charge in [-0.1, -0.05) is 24.3 Å². The van der Waals surface area contributed by atoms with Gasteiger partial charge in [0.2, 0.25) is 0 Å². The van der Waals surface area contributed by atoms with Gasteiger partial charge < -0.3 is 19.9 Å². The molecule has 1 aromatic heterocycles. The maximum Gasteiger partial charge on any atom is 0.315 e. The third-order valence-electron chi connectivity index (χ3n) is 3.18. The predicted octanol–water partition coefficient (Wildman–Crippen LogP) is 1.77. The zero-order valence-electron chi connectivity index (χ0n) is 12.8. The van der Waals surface area contributed by atoms with E-state index in [4.69, 9.17) is 4.74 Å². The van der Waals surface area contributed by atoms with Crippen LogP contribution in [0.15, 0.2) is 43.0 Å². The molecule has 0 spiro atoms. The van der Waals surface area contributed by atoms with Crippen LogP contribution in [0.25, 0.3) is 0 Å². The van der Waals surface area contributed by atoms with Crippen LogP contribution in [0.1, 0.15) is 17.5 Å². The molecule has 0 aliphatic rings. The van der Waals surface area contributed by atoms with E-state index in [1.165, 1.54) is 5.56 Å². The molecule has 0 fully saturated rings. The Kier molecular flexibility index (Phi) is 6.44. The van der Waals surface area contributed by atoms with Gasteiger partial charge in [0.15, 0.2) is 0 Å². The summed E-state index contributed by atoms with van der Waals surface area (Å²) < 4.78 is 6.94. The second kappa shape index (κ2) is 8.84. The smallest absolute Gasteiger partial charge is 0.315 e. The highest BCUT2D eigenvalue weighted by atomic mass is 16.5. The van der Waals surface area contributed by atoms with Gasteiger partial charge in [0.1, 0.15) is 0 Å². The van der Waals surface area contributed by atoms with Gasteiger partial charge in [-0.15, -0.1) is 0 Å². The summed E-state index contributed by atoms with van der Waals surface area (Å²) in [4.78, 5) is 15.7. The summed E-state index contributed by atoms with van der Waals surface area (Å²) in [5, 5.41) is 5.65. The van der Waals surface area contributed by atoms with E-state index in [1.54, 1.807) is 19.6 Å². The van der Waals surface area contributed by atoms with Crippen LogP contribution in [0.3, 0.4) is 0 Å². The van der Waals surface area contributed by atoms with Gasteiger partial charge >= 0.3 is 6.03 Å². The van der Waals surface area contributed by atoms with E-state index < -0.39 is 0 Å². The van der Waals surface area contributed by atoms with Crippen LogP contribution in [0, 0.1) is 0 Å². The summed E-state index contributed by atoms with van der Waals surface area (Å²) in [5.74, 6) is 0. The molecule has 0 unspecified atom stereocenters. The fraction of sp³-hybridized carbons (Fsp3) is 0.375. The molecule has 22 heavy (non-hydrogen) atoms. The number of amides is 2. The third kappa shape index (κ3) is 5.57. The number of carbonyl (C=O) groups is 1. The molecule has 0 bridgehead atoms. The zero-order chi connectivity index (χ0) is 15.6. The van der Waals surface area contributed by atoms with Crippen molar-refractivity contribution in [1.82, 2.24) is 20.2 Å². The van der Waals surface area contributed by atoms with Crippen LogP contribution in [0.5, 0.6) is 0 Å². The Morgan fingerprint density at radius 3 is 2.95 bits per heavy atom. The van der Waals surface area contributed by atoms with Crippen LogP contribution < -0.4 is 10.6 Å². The van der Waals surface area contributed by atoms with Crippen molar-refractivity contribution >= 4 is 6.03 Å². The molecule has 2 rings (SSSR count). The van der Waals surface area contributed by atoms with Crippen LogP contribution in [-0.4, -0.2) is 35.8 Å². The molecule has 6 nitrogen and oxygen atoms in total. The normalized spacial score (nSPS) is 10.4. The number of carbonyl (C=O) groups excluding carboxylic acids is 1. The van der Waals surface area contributed by atoms with E-state index in [-0.39, 0.29) is 6.03 Å². The van der Waals surface area contributed by atoms with Crippen LogP contribution in [0.2, 0.25) is 0 Å². The molecule has 2 aromatic rings. The highest BCUT2D eigenvalue weighted by molar-refractivity contribution is 5.73. The first-order valence-electron chi connectivity index (χ1n) is 7.32. The molecule has 0 saturated carbocycles. The van der Waals surface area contributed by atoms with Crippen molar-refractivity contribution in [2.75, 3.05) is 20.3 Å². The van der Waals surface area contributed by atoms with Crippen molar-refractivity contribution in [3.05, 3.63) is 54.1 Å². The zero-order valence-corrected chi connectivity index (χ0v) is 12.8. The number of methoxy groups -OCH3 is 1. The molecule has 1 aromatic carbocycles. The average molecular weight is 302 g/mol. The van der Waals surface area contributed by atoms with Gasteiger partial charge in [0, 0.05) is 45.7 Å². The molecule has 6 heteroatoms. The maximum absolute atomic E-state index is 11.6. The second-order valence-electron chi connectivity index (χ2n) is 5.01. The standard InChI is InChI=1S/C16H22N4O2/c1-22-9-3-6-18-16(21)19-11-14-4-2-5-15(10-14)12-20-8-7-17-13-20/h2,4-5,7-8,10,13H,3,6,9,11-12H2,1H3,(H2,18,19,21). The van der Waals surface area contributed by atoms with Crippen LogP contribution in [0.4, 0.5) is 4.79 Å². The summed E-state index contributed by atoms with van der Waals surface area (Å²) >= 11 is 0. The molecule has 0 aliphatic heterocycles. The van der Waals surface area contributed by atoms with Gasteiger partial charge in [-0.05, 0) is 17.5 Å². The summed E-state index contributed by atoms with van der Waals surface area (Å²) in [7, 11) is 1.65. The minimum atomic E-state index is -0.156. The van der Waals surface area contributed by atoms with Crippen molar-refractivity contribution in [3.63, 3.8) is 0 Å². The highest BCUT2D eigenvalue weighted by Crippen LogP contribution is 2.07. The molecular weight excluding hydrogens is 280 g/mol. The number of nitrogens with one attached hydrogen (secondary N) is 2. The van der Waals surface area contributed by atoms with Crippen molar-refractivity contribution in [2.24, 2.45) is 0 Å². The molecule has 118 valence electrons. The largest absolute Gasteiger partial charge is 0.385 e. The molecule has 2 amide bonds. The number of benzene rings is 1. The minimum absolute atomic E-state index is 0.156. The lowest BCUT2D eigenvalue weighted by atomic mass is 10.1. The number of hydrogen-bond acceptors (Lipinski definition) is 3. The SMILES string of the molecule is COCCCNC(=O)NCc1cccc(Cn2ccnc2)c1. The van der Waals surface area contributed by atoms with Crippen LogP contribution >= 0.6 is 0 Å². The summed E-state index contributed by atoms with van der Waals surface area (Å²) in [5.41, 5.74) is 2.25. The molecule has 0 atom stereocenters. The molecule has 0 aliphatic carbocycles. The quantitative estimate of drug-likeness (QED) is 0.730. The molecule has 2 N–H and O–H groups in total. The monoisotopic (exact) mass is 302 g/mol. The fourth-order valence-corrected chi connectivity index (χ4v) is 2.09. The van der Waals surface area contributed by atoms with Crippen LogP contribution in [-0.2, 0) is 17.8 Å². The Morgan fingerprint density at radius 1 is 1.32 bits per heavy atom. The Morgan fingerprint density at radius 2 is 2.18 bits per heavy atom. The van der Waals surface area contributed by atoms with Crippen molar-refractivity contribution < 1.29 is 9.53 Å². The van der Waals surface area contributed by atoms with Gasteiger partial charge in [0.05, 0.1) is 6.33 Å². The van der Waals surface area contributed by atoms with Gasteiger partial charge in [-0.2, -0.15) is 0 Å². The van der Waals surface area contributed by atoms with Gasteiger partial charge in [0.25, 0.3) is 0 Å². The van der Waals surface area contributed by atoms with E-state index in [9.17, 15) is 4.79 Å². The number of nitrogens with zero attached hydrogens (tertiary/aromatic N) is 2. The first-order chi connectivity index (χ1) is 10.8. The lowest BCUT2D eigenvalue weighted by Crippen LogP contribution is -2.35. The Hall–Kier alpha value is -2.34.